The number of aromatic nitrogens is 1. The molecule has 0 radical (unpaired) electrons. The molecule has 0 aliphatic carbocycles. The molecule has 25 heavy (non-hydrogen) atoms. The molecule has 8 heteroatoms. The van der Waals surface area contributed by atoms with Crippen LogP contribution in [0.25, 0.3) is 11.3 Å². The highest BCUT2D eigenvalue weighted by Crippen LogP contribution is 2.35. The molecule has 0 aliphatic heterocycles. The predicted octanol–water partition coefficient (Wildman–Crippen LogP) is 5.07. The van der Waals surface area contributed by atoms with Gasteiger partial charge in [-0.2, -0.15) is 5.10 Å². The molecule has 1 aromatic carbocycles. The molecular weight excluding hydrogens is 385 g/mol. The number of hydrogen-bond donors (Lipinski definition) is 1. The number of rotatable bonds is 4. The summed E-state index contributed by atoms with van der Waals surface area (Å²) in [7, 11) is 0. The maximum absolute atomic E-state index is 11.8. The van der Waals surface area contributed by atoms with Crippen molar-refractivity contribution in [2.45, 2.75) is 0 Å². The number of halogens is 3. The van der Waals surface area contributed by atoms with Crippen LogP contribution in [0.15, 0.2) is 58.3 Å². The topological polar surface area (TPSA) is 67.5 Å². The van der Waals surface area contributed by atoms with Crippen LogP contribution in [-0.4, -0.2) is 17.1 Å². The van der Waals surface area contributed by atoms with E-state index in [-0.39, 0.29) is 5.91 Å². The van der Waals surface area contributed by atoms with Gasteiger partial charge in [0.2, 0.25) is 0 Å². The van der Waals surface area contributed by atoms with Gasteiger partial charge in [-0.3, -0.25) is 9.78 Å². The van der Waals surface area contributed by atoms with Gasteiger partial charge in [-0.05, 0) is 36.4 Å². The molecular formula is C17H10Cl3N3O2. The molecule has 1 amide bonds. The van der Waals surface area contributed by atoms with Crippen molar-refractivity contribution in [1.29, 1.82) is 0 Å². The molecule has 2 heterocycles. The van der Waals surface area contributed by atoms with Crippen molar-refractivity contribution in [3.05, 3.63) is 75.2 Å². The third kappa shape index (κ3) is 4.20. The highest BCUT2D eigenvalue weighted by molar-refractivity contribution is 6.44. The molecule has 0 aliphatic rings. The zero-order valence-corrected chi connectivity index (χ0v) is 14.8. The van der Waals surface area contributed by atoms with Crippen LogP contribution in [0.5, 0.6) is 0 Å². The molecule has 1 N–H and O–H groups in total. The number of hydrogen-bond acceptors (Lipinski definition) is 4. The molecule has 0 saturated carbocycles. The Morgan fingerprint density at radius 1 is 1.04 bits per heavy atom. The molecule has 3 rings (SSSR count). The average Bonchev–Trinajstić information content (AvgIpc) is 3.07. The molecule has 2 aromatic heterocycles. The lowest BCUT2D eigenvalue weighted by atomic mass is 10.2. The van der Waals surface area contributed by atoms with Gasteiger partial charge in [-0.15, -0.1) is 0 Å². The minimum Gasteiger partial charge on any atom is -0.455 e. The van der Waals surface area contributed by atoms with E-state index in [2.05, 4.69) is 15.5 Å². The first-order valence-electron chi connectivity index (χ1n) is 7.03. The van der Waals surface area contributed by atoms with E-state index in [1.807, 2.05) is 0 Å². The first kappa shape index (κ1) is 17.5. The summed E-state index contributed by atoms with van der Waals surface area (Å²) in [4.78, 5) is 15.7. The minimum absolute atomic E-state index is 0.349. The van der Waals surface area contributed by atoms with E-state index >= 15 is 0 Å². The van der Waals surface area contributed by atoms with Gasteiger partial charge in [0.25, 0.3) is 5.91 Å². The third-order valence-electron chi connectivity index (χ3n) is 3.20. The summed E-state index contributed by atoms with van der Waals surface area (Å²) in [6.45, 7) is 0. The second kappa shape index (κ2) is 7.70. The number of nitrogens with zero attached hydrogens (tertiary/aromatic N) is 2. The highest BCUT2D eigenvalue weighted by atomic mass is 35.5. The first-order chi connectivity index (χ1) is 12.0. The zero-order chi connectivity index (χ0) is 17.8. The molecule has 0 spiro atoms. The number of carbonyl (C=O) groups excluding carboxylic acids is 1. The number of amides is 1. The van der Waals surface area contributed by atoms with E-state index in [1.165, 1.54) is 18.6 Å². The Labute approximate surface area is 158 Å². The van der Waals surface area contributed by atoms with Crippen molar-refractivity contribution in [3.8, 4) is 11.3 Å². The van der Waals surface area contributed by atoms with Gasteiger partial charge < -0.3 is 4.42 Å². The molecule has 0 fully saturated rings. The van der Waals surface area contributed by atoms with E-state index in [9.17, 15) is 4.79 Å². The molecule has 0 bridgehead atoms. The summed E-state index contributed by atoms with van der Waals surface area (Å²) < 4.78 is 5.64. The van der Waals surface area contributed by atoms with E-state index in [0.717, 1.165) is 0 Å². The van der Waals surface area contributed by atoms with Gasteiger partial charge in [0, 0.05) is 23.5 Å². The number of benzene rings is 1. The molecule has 5 nitrogen and oxygen atoms in total. The van der Waals surface area contributed by atoms with Crippen LogP contribution in [0.4, 0.5) is 0 Å². The molecule has 0 atom stereocenters. The van der Waals surface area contributed by atoms with Gasteiger partial charge >= 0.3 is 0 Å². The number of nitrogens with one attached hydrogen (secondary N) is 1. The van der Waals surface area contributed by atoms with Crippen LogP contribution in [0, 0.1) is 0 Å². The lowest BCUT2D eigenvalue weighted by molar-refractivity contribution is 0.0955. The largest absolute Gasteiger partial charge is 0.455 e. The minimum atomic E-state index is -0.349. The van der Waals surface area contributed by atoms with E-state index in [1.54, 1.807) is 36.4 Å². The lowest BCUT2D eigenvalue weighted by Crippen LogP contribution is -2.17. The van der Waals surface area contributed by atoms with Crippen molar-refractivity contribution < 1.29 is 9.21 Å². The number of pyridine rings is 1. The van der Waals surface area contributed by atoms with E-state index < -0.39 is 0 Å². The maximum atomic E-state index is 11.8. The summed E-state index contributed by atoms with van der Waals surface area (Å²) in [6, 6.07) is 9.75. The fraction of sp³-hybridized carbons (Fsp3) is 0. The summed E-state index contributed by atoms with van der Waals surface area (Å²) in [6.07, 6.45) is 4.44. The Morgan fingerprint density at radius 2 is 1.76 bits per heavy atom. The van der Waals surface area contributed by atoms with Crippen molar-refractivity contribution in [2.75, 3.05) is 0 Å². The summed E-state index contributed by atoms with van der Waals surface area (Å²) in [5, 5.41) is 5.01. The summed E-state index contributed by atoms with van der Waals surface area (Å²) in [5.41, 5.74) is 3.46. The van der Waals surface area contributed by atoms with Gasteiger partial charge in [-0.1, -0.05) is 34.8 Å². The molecule has 0 saturated heterocycles. The zero-order valence-electron chi connectivity index (χ0n) is 12.5. The van der Waals surface area contributed by atoms with Crippen LogP contribution in [0.3, 0.4) is 0 Å². The normalized spacial score (nSPS) is 11.0. The number of carbonyl (C=O) groups is 1. The molecule has 0 unspecified atom stereocenters. The van der Waals surface area contributed by atoms with Crippen molar-refractivity contribution in [3.63, 3.8) is 0 Å². The van der Waals surface area contributed by atoms with Gasteiger partial charge in [0.1, 0.15) is 11.5 Å². The maximum Gasteiger partial charge on any atom is 0.271 e. The van der Waals surface area contributed by atoms with Crippen LogP contribution >= 0.6 is 34.8 Å². The average molecular weight is 395 g/mol. The number of furan rings is 1. The lowest BCUT2D eigenvalue weighted by Gasteiger charge is -2.03. The smallest absolute Gasteiger partial charge is 0.271 e. The van der Waals surface area contributed by atoms with Crippen LogP contribution in [0.2, 0.25) is 15.1 Å². The molecule has 126 valence electrons. The Balaban J connectivity index is 1.72. The van der Waals surface area contributed by atoms with E-state index in [0.29, 0.717) is 37.7 Å². The standard InChI is InChI=1S/C17H10Cl3N3O2/c18-13-8-15(20)14(19)7-12(13)16-2-1-11(25-16)9-22-23-17(24)10-3-5-21-6-4-10/h1-9H,(H,23,24). The second-order valence-corrected chi connectivity index (χ2v) is 6.10. The second-order valence-electron chi connectivity index (χ2n) is 4.88. The highest BCUT2D eigenvalue weighted by Gasteiger charge is 2.11. The van der Waals surface area contributed by atoms with Crippen LogP contribution in [0.1, 0.15) is 16.1 Å². The van der Waals surface area contributed by atoms with Gasteiger partial charge in [-0.25, -0.2) is 5.43 Å². The van der Waals surface area contributed by atoms with Gasteiger partial charge in [0.05, 0.1) is 21.3 Å². The van der Waals surface area contributed by atoms with Crippen molar-refractivity contribution >= 4 is 46.9 Å². The predicted molar refractivity (Wildman–Crippen MR) is 98.5 cm³/mol. The Kier molecular flexibility index (Phi) is 5.38. The van der Waals surface area contributed by atoms with Crippen molar-refractivity contribution in [1.82, 2.24) is 10.4 Å². The van der Waals surface area contributed by atoms with Crippen LogP contribution < -0.4 is 5.43 Å². The van der Waals surface area contributed by atoms with Gasteiger partial charge in [0.15, 0.2) is 0 Å². The Hall–Kier alpha value is -2.34. The monoisotopic (exact) mass is 393 g/mol. The molecule has 3 aromatic rings. The SMILES string of the molecule is O=C(NN=Cc1ccc(-c2cc(Cl)c(Cl)cc2Cl)o1)c1ccncc1. The van der Waals surface area contributed by atoms with E-state index in [4.69, 9.17) is 39.2 Å². The quantitative estimate of drug-likeness (QED) is 0.382. The number of hydrazone groups is 1. The summed E-state index contributed by atoms with van der Waals surface area (Å²) >= 11 is 18.1. The summed E-state index contributed by atoms with van der Waals surface area (Å²) in [5.74, 6) is 0.593. The third-order valence-corrected chi connectivity index (χ3v) is 4.24. The first-order valence-corrected chi connectivity index (χ1v) is 8.16. The van der Waals surface area contributed by atoms with Crippen LogP contribution in [-0.2, 0) is 0 Å². The fourth-order valence-corrected chi connectivity index (χ4v) is 2.64. The fourth-order valence-electron chi connectivity index (χ4n) is 2.00. The Morgan fingerprint density at radius 3 is 2.52 bits per heavy atom. The van der Waals surface area contributed by atoms with Crippen molar-refractivity contribution in [2.24, 2.45) is 5.10 Å². The Bertz CT molecular complexity index is 940.